The van der Waals surface area contributed by atoms with Gasteiger partial charge in [-0.2, -0.15) is 0 Å². The van der Waals surface area contributed by atoms with E-state index in [1.165, 1.54) is 11.1 Å². The molecule has 1 atom stereocenters. The van der Waals surface area contributed by atoms with Crippen molar-refractivity contribution >= 4 is 10.9 Å². The Kier molecular flexibility index (Phi) is 8.41. The van der Waals surface area contributed by atoms with E-state index in [0.29, 0.717) is 17.5 Å². The summed E-state index contributed by atoms with van der Waals surface area (Å²) in [5.74, 6) is 3.56. The van der Waals surface area contributed by atoms with Crippen LogP contribution in [0, 0.1) is 0 Å². The lowest BCUT2D eigenvalue weighted by atomic mass is 9.65. The minimum atomic E-state index is -0.621. The Morgan fingerprint density at radius 1 is 0.433 bits per heavy atom. The number of rotatable bonds is 5. The van der Waals surface area contributed by atoms with Gasteiger partial charge in [-0.25, -0.2) is 15.0 Å². The van der Waals surface area contributed by atoms with Crippen molar-refractivity contribution in [1.82, 2.24) is 19.9 Å². The van der Waals surface area contributed by atoms with E-state index in [2.05, 4.69) is 159 Å². The van der Waals surface area contributed by atoms with Gasteiger partial charge in [0.25, 0.3) is 0 Å². The second-order valence-electron chi connectivity index (χ2n) is 15.2. The number of ether oxygens (including phenoxy) is 1. The van der Waals surface area contributed by atoms with Crippen LogP contribution < -0.4 is 4.74 Å². The summed E-state index contributed by atoms with van der Waals surface area (Å²) >= 11 is 0. The minimum absolute atomic E-state index is 0.610. The molecular formula is C55H38N4O. The van der Waals surface area contributed by atoms with Crippen molar-refractivity contribution in [3.8, 4) is 73.3 Å². The van der Waals surface area contributed by atoms with Crippen molar-refractivity contribution in [2.24, 2.45) is 0 Å². The van der Waals surface area contributed by atoms with Crippen LogP contribution in [-0.2, 0) is 5.41 Å². The summed E-state index contributed by atoms with van der Waals surface area (Å²) in [5.41, 5.74) is 14.5. The van der Waals surface area contributed by atoms with Gasteiger partial charge in [0.15, 0.2) is 17.5 Å². The minimum Gasteiger partial charge on any atom is -0.457 e. The molecule has 1 unspecified atom stereocenters. The highest BCUT2D eigenvalue weighted by molar-refractivity contribution is 5.97. The molecule has 0 fully saturated rings. The molecule has 5 heteroatoms. The maximum atomic E-state index is 6.64. The van der Waals surface area contributed by atoms with Crippen molar-refractivity contribution in [2.75, 3.05) is 0 Å². The van der Waals surface area contributed by atoms with Crippen LogP contribution in [0.3, 0.4) is 0 Å². The number of aromatic nitrogens is 4. The van der Waals surface area contributed by atoms with Crippen LogP contribution in [0.15, 0.2) is 206 Å². The molecule has 0 radical (unpaired) electrons. The molecule has 7 aromatic carbocycles. The fourth-order valence-electron chi connectivity index (χ4n) is 9.29. The predicted octanol–water partition coefficient (Wildman–Crippen LogP) is 13.3. The lowest BCUT2D eigenvalue weighted by molar-refractivity contribution is 0.388. The van der Waals surface area contributed by atoms with Gasteiger partial charge < -0.3 is 4.74 Å². The zero-order chi connectivity index (χ0) is 40.2. The third-order valence-corrected chi connectivity index (χ3v) is 12.0. The number of para-hydroxylation sites is 2. The molecule has 0 N–H and O–H groups in total. The van der Waals surface area contributed by atoms with E-state index in [9.17, 15) is 0 Å². The van der Waals surface area contributed by atoms with E-state index in [-0.39, 0.29) is 0 Å². The predicted molar refractivity (Wildman–Crippen MR) is 242 cm³/mol. The lowest BCUT2D eigenvalue weighted by Crippen LogP contribution is -2.35. The molecule has 5 nitrogen and oxygen atoms in total. The van der Waals surface area contributed by atoms with Crippen LogP contribution >= 0.6 is 0 Å². The molecule has 284 valence electrons. The van der Waals surface area contributed by atoms with Gasteiger partial charge >= 0.3 is 0 Å². The fourth-order valence-corrected chi connectivity index (χ4v) is 9.29. The van der Waals surface area contributed by atoms with Gasteiger partial charge in [0.05, 0.1) is 10.9 Å². The van der Waals surface area contributed by atoms with Crippen molar-refractivity contribution < 1.29 is 4.74 Å². The molecule has 9 aromatic rings. The average Bonchev–Trinajstić information content (AvgIpc) is 3.60. The summed E-state index contributed by atoms with van der Waals surface area (Å²) in [4.78, 5) is 20.3. The zero-order valence-corrected chi connectivity index (χ0v) is 33.2. The Morgan fingerprint density at radius 3 is 1.68 bits per heavy atom. The van der Waals surface area contributed by atoms with Crippen molar-refractivity contribution in [1.29, 1.82) is 0 Å². The standard InChI is InChI=1S/C55H38N4O/c1-3-45-49(4-2)60-50-23-12-11-22-48(50)55(45)46-30-28-40(42-21-13-19-37-20-14-32-56-51(37)42)33-43(46)44-34-41(29-31-47(44)55)54-58-52(38-17-9-6-10-18-38)57-53(59-54)39-26-24-36(25-27-39)35-15-7-5-8-16-35/h3-34H,1-2H3/b45-3?,49-4+. The molecule has 1 aliphatic carbocycles. The first kappa shape index (κ1) is 35.4. The Balaban J connectivity index is 1.14. The largest absolute Gasteiger partial charge is 0.457 e. The maximum Gasteiger partial charge on any atom is 0.164 e. The molecule has 11 rings (SSSR count). The van der Waals surface area contributed by atoms with E-state index in [1.807, 2.05) is 48.7 Å². The van der Waals surface area contributed by atoms with Gasteiger partial charge in [0, 0.05) is 45.0 Å². The summed E-state index contributed by atoms with van der Waals surface area (Å²) in [6.45, 7) is 4.17. The molecule has 2 aliphatic rings. The Bertz CT molecular complexity index is 3180. The van der Waals surface area contributed by atoms with Crippen LogP contribution in [0.5, 0.6) is 5.75 Å². The van der Waals surface area contributed by atoms with Gasteiger partial charge in [-0.1, -0.05) is 158 Å². The van der Waals surface area contributed by atoms with E-state index < -0.39 is 5.41 Å². The van der Waals surface area contributed by atoms with Gasteiger partial charge in [0.2, 0.25) is 0 Å². The van der Waals surface area contributed by atoms with E-state index in [4.69, 9.17) is 24.7 Å². The third-order valence-electron chi connectivity index (χ3n) is 12.0. The van der Waals surface area contributed by atoms with Crippen LogP contribution in [0.25, 0.3) is 78.4 Å². The first-order chi connectivity index (χ1) is 29.6. The van der Waals surface area contributed by atoms with Crippen molar-refractivity contribution in [3.63, 3.8) is 0 Å². The first-order valence-electron chi connectivity index (χ1n) is 20.4. The summed E-state index contributed by atoms with van der Waals surface area (Å²) < 4.78 is 6.64. The molecule has 60 heavy (non-hydrogen) atoms. The second kappa shape index (κ2) is 14.3. The van der Waals surface area contributed by atoms with Gasteiger partial charge in [-0.05, 0) is 83.1 Å². The number of hydrogen-bond acceptors (Lipinski definition) is 5. The molecule has 1 spiro atoms. The number of pyridine rings is 1. The Labute approximate surface area is 349 Å². The quantitative estimate of drug-likeness (QED) is 0.174. The molecule has 0 saturated heterocycles. The fraction of sp³-hybridized carbons (Fsp3) is 0.0545. The Hall–Kier alpha value is -7.76. The lowest BCUT2D eigenvalue weighted by Gasteiger charge is -2.41. The van der Waals surface area contributed by atoms with Gasteiger partial charge in [-0.15, -0.1) is 0 Å². The highest BCUT2D eigenvalue weighted by Crippen LogP contribution is 2.62. The van der Waals surface area contributed by atoms with E-state index in [1.54, 1.807) is 0 Å². The summed E-state index contributed by atoms with van der Waals surface area (Å²) in [6.07, 6.45) is 6.17. The van der Waals surface area contributed by atoms with Crippen molar-refractivity contribution in [2.45, 2.75) is 19.3 Å². The van der Waals surface area contributed by atoms with Crippen molar-refractivity contribution in [3.05, 3.63) is 222 Å². The molecular weight excluding hydrogens is 733 g/mol. The zero-order valence-electron chi connectivity index (χ0n) is 33.2. The molecule has 2 aromatic heterocycles. The maximum absolute atomic E-state index is 6.64. The summed E-state index contributed by atoms with van der Waals surface area (Å²) in [6, 6.07) is 61.7. The smallest absolute Gasteiger partial charge is 0.164 e. The SMILES string of the molecule is CC=C1/C(=C\C)Oc2ccccc2C12c1ccc(-c3nc(-c4ccccc4)nc(-c4ccc(-c5ccccc5)cc4)n3)cc1-c1cc(-c3cccc4cccnc34)ccc12. The normalized spacial score (nSPS) is 16.4. The molecule has 1 aliphatic heterocycles. The number of fused-ring (bicyclic) bond motifs is 8. The summed E-state index contributed by atoms with van der Waals surface area (Å²) in [5, 5.41) is 1.11. The van der Waals surface area contributed by atoms with Gasteiger partial charge in [-0.3, -0.25) is 4.98 Å². The highest BCUT2D eigenvalue weighted by atomic mass is 16.5. The van der Waals surface area contributed by atoms with Crippen LogP contribution in [0.2, 0.25) is 0 Å². The van der Waals surface area contributed by atoms with E-state index >= 15 is 0 Å². The highest BCUT2D eigenvalue weighted by Gasteiger charge is 2.52. The monoisotopic (exact) mass is 770 g/mol. The number of nitrogens with zero attached hydrogens (tertiary/aromatic N) is 4. The number of benzene rings is 7. The topological polar surface area (TPSA) is 60.8 Å². The number of allylic oxidation sites excluding steroid dienone is 3. The second-order valence-corrected chi connectivity index (χ2v) is 15.2. The summed E-state index contributed by atoms with van der Waals surface area (Å²) in [7, 11) is 0. The van der Waals surface area contributed by atoms with Crippen LogP contribution in [0.4, 0.5) is 0 Å². The molecule has 0 saturated carbocycles. The molecule has 0 amide bonds. The molecule has 0 bridgehead atoms. The first-order valence-corrected chi connectivity index (χ1v) is 20.4. The van der Waals surface area contributed by atoms with Crippen LogP contribution in [0.1, 0.15) is 30.5 Å². The third kappa shape index (κ3) is 5.54. The molecule has 3 heterocycles. The number of hydrogen-bond donors (Lipinski definition) is 0. The van der Waals surface area contributed by atoms with Crippen LogP contribution in [-0.4, -0.2) is 19.9 Å². The Morgan fingerprint density at radius 2 is 0.983 bits per heavy atom. The average molecular weight is 771 g/mol. The van der Waals surface area contributed by atoms with E-state index in [0.717, 1.165) is 83.6 Å². The van der Waals surface area contributed by atoms with Gasteiger partial charge in [0.1, 0.15) is 11.5 Å².